The molecule has 4 heteroatoms. The zero-order chi connectivity index (χ0) is 15.9. The predicted molar refractivity (Wildman–Crippen MR) is 94.0 cm³/mol. The number of aromatic nitrogens is 2. The van der Waals surface area contributed by atoms with E-state index in [0.717, 1.165) is 33.5 Å². The monoisotopic (exact) mass is 358 g/mol. The lowest BCUT2D eigenvalue weighted by molar-refractivity contribution is 0.475. The molecule has 0 saturated heterocycles. The number of halogens is 1. The predicted octanol–water partition coefficient (Wildman–Crippen LogP) is 5.16. The highest BCUT2D eigenvalue weighted by atomic mass is 79.9. The van der Waals surface area contributed by atoms with Gasteiger partial charge in [-0.2, -0.15) is 0 Å². The zero-order valence-corrected chi connectivity index (χ0v) is 14.3. The normalized spacial score (nSPS) is 9.95. The Bertz CT molecular complexity index is 703. The molecule has 2 aromatic carbocycles. The van der Waals surface area contributed by atoms with Crippen LogP contribution in [0.2, 0.25) is 0 Å². The molecule has 3 aromatic rings. The fourth-order valence-electron chi connectivity index (χ4n) is 2.04. The molecular formula is C18H19BrN2O. The van der Waals surface area contributed by atoms with Crippen LogP contribution in [0.5, 0.6) is 5.75 Å². The summed E-state index contributed by atoms with van der Waals surface area (Å²) >= 11 is 3.43. The van der Waals surface area contributed by atoms with E-state index in [9.17, 15) is 5.11 Å². The van der Waals surface area contributed by atoms with E-state index >= 15 is 0 Å². The van der Waals surface area contributed by atoms with E-state index in [2.05, 4.69) is 25.9 Å². The number of rotatable bonds is 3. The highest BCUT2D eigenvalue weighted by Gasteiger charge is 2.04. The van der Waals surface area contributed by atoms with Crippen molar-refractivity contribution >= 4 is 15.9 Å². The molecule has 0 aliphatic heterocycles. The molecule has 0 fully saturated rings. The van der Waals surface area contributed by atoms with E-state index in [1.54, 1.807) is 12.1 Å². The summed E-state index contributed by atoms with van der Waals surface area (Å²) in [4.78, 5) is 7.73. The molecule has 3 nitrogen and oxygen atoms in total. The van der Waals surface area contributed by atoms with Crippen molar-refractivity contribution in [1.29, 1.82) is 0 Å². The van der Waals surface area contributed by atoms with Gasteiger partial charge in [0.2, 0.25) is 0 Å². The van der Waals surface area contributed by atoms with Crippen molar-refractivity contribution in [2.45, 2.75) is 20.3 Å². The van der Waals surface area contributed by atoms with Crippen molar-refractivity contribution in [3.63, 3.8) is 0 Å². The highest BCUT2D eigenvalue weighted by molar-refractivity contribution is 9.10. The van der Waals surface area contributed by atoms with Gasteiger partial charge >= 0.3 is 0 Å². The van der Waals surface area contributed by atoms with Gasteiger partial charge in [0.15, 0.2) is 0 Å². The van der Waals surface area contributed by atoms with Crippen LogP contribution in [-0.4, -0.2) is 15.1 Å². The number of aromatic amines is 1. The van der Waals surface area contributed by atoms with Gasteiger partial charge in [-0.1, -0.05) is 54.0 Å². The maximum Gasteiger partial charge on any atom is 0.115 e. The van der Waals surface area contributed by atoms with E-state index in [1.807, 2.05) is 56.4 Å². The number of H-pyrrole nitrogens is 1. The molecule has 22 heavy (non-hydrogen) atoms. The Labute approximate surface area is 139 Å². The van der Waals surface area contributed by atoms with Crippen LogP contribution < -0.4 is 0 Å². The number of nitrogens with one attached hydrogen (secondary N) is 1. The summed E-state index contributed by atoms with van der Waals surface area (Å²) in [5.41, 5.74) is 3.23. The molecule has 2 N–H and O–H groups in total. The summed E-state index contributed by atoms with van der Waals surface area (Å²) in [5.74, 6) is 1.19. The summed E-state index contributed by atoms with van der Waals surface area (Å²) in [7, 11) is 0. The maximum absolute atomic E-state index is 9.27. The smallest absolute Gasteiger partial charge is 0.115 e. The summed E-state index contributed by atoms with van der Waals surface area (Å²) < 4.78 is 1.06. The van der Waals surface area contributed by atoms with Crippen LogP contribution >= 0.6 is 15.9 Å². The first-order valence-corrected chi connectivity index (χ1v) is 8.08. The van der Waals surface area contributed by atoms with Crippen LogP contribution in [0.3, 0.4) is 0 Å². The molecule has 1 aromatic heterocycles. The van der Waals surface area contributed by atoms with Gasteiger partial charge in [-0.25, -0.2) is 4.98 Å². The number of aromatic hydroxyl groups is 1. The molecule has 0 amide bonds. The van der Waals surface area contributed by atoms with Gasteiger partial charge in [0.25, 0.3) is 0 Å². The topological polar surface area (TPSA) is 48.9 Å². The third kappa shape index (κ3) is 4.21. The van der Waals surface area contributed by atoms with E-state index in [1.165, 1.54) is 0 Å². The second-order valence-corrected chi connectivity index (χ2v) is 5.51. The molecular weight excluding hydrogens is 340 g/mol. The summed E-state index contributed by atoms with van der Waals surface area (Å²) in [6.45, 7) is 4.00. The van der Waals surface area contributed by atoms with Gasteiger partial charge in [-0.15, -0.1) is 0 Å². The standard InChI is InChI=1S/C16H13BrN2O.C2H6/c17-13-5-3-12(4-6-13)15-10-18-16(19-15)9-11-1-7-14(20)8-2-11;1-2/h1-8,10,20H,9H2,(H,18,19);1-2H3. The molecule has 0 bridgehead atoms. The molecule has 0 spiro atoms. The van der Waals surface area contributed by atoms with Crippen molar-refractivity contribution in [2.24, 2.45) is 0 Å². The lowest BCUT2D eigenvalue weighted by Gasteiger charge is -2.00. The molecule has 1 heterocycles. The number of hydrogen-bond acceptors (Lipinski definition) is 2. The molecule has 0 atom stereocenters. The van der Waals surface area contributed by atoms with Gasteiger partial charge in [0.05, 0.1) is 11.9 Å². The minimum absolute atomic E-state index is 0.281. The van der Waals surface area contributed by atoms with Crippen molar-refractivity contribution in [3.8, 4) is 17.0 Å². The van der Waals surface area contributed by atoms with Crippen molar-refractivity contribution in [2.75, 3.05) is 0 Å². The van der Waals surface area contributed by atoms with E-state index < -0.39 is 0 Å². The minimum Gasteiger partial charge on any atom is -0.508 e. The van der Waals surface area contributed by atoms with Gasteiger partial charge in [0.1, 0.15) is 11.6 Å². The Morgan fingerprint density at radius 1 is 1.00 bits per heavy atom. The quantitative estimate of drug-likeness (QED) is 0.678. The molecule has 0 saturated carbocycles. The summed E-state index contributed by atoms with van der Waals surface area (Å²) in [6, 6.07) is 15.3. The third-order valence-corrected chi connectivity index (χ3v) is 3.62. The Balaban J connectivity index is 0.000000847. The Morgan fingerprint density at radius 2 is 1.64 bits per heavy atom. The lowest BCUT2D eigenvalue weighted by atomic mass is 10.1. The van der Waals surface area contributed by atoms with Crippen LogP contribution in [-0.2, 0) is 6.42 Å². The number of hydrogen-bond donors (Lipinski definition) is 2. The van der Waals surface area contributed by atoms with E-state index in [-0.39, 0.29) is 5.75 Å². The van der Waals surface area contributed by atoms with Crippen LogP contribution in [0.1, 0.15) is 25.2 Å². The molecule has 0 unspecified atom stereocenters. The molecule has 0 aliphatic rings. The zero-order valence-electron chi connectivity index (χ0n) is 12.7. The first kappa shape index (κ1) is 16.3. The molecule has 3 rings (SSSR count). The molecule has 0 aliphatic carbocycles. The fraction of sp³-hybridized carbons (Fsp3) is 0.167. The molecule has 0 radical (unpaired) electrons. The molecule has 114 valence electrons. The fourth-order valence-corrected chi connectivity index (χ4v) is 2.30. The second-order valence-electron chi connectivity index (χ2n) is 4.59. The van der Waals surface area contributed by atoms with Crippen LogP contribution in [0, 0.1) is 0 Å². The first-order valence-electron chi connectivity index (χ1n) is 7.28. The highest BCUT2D eigenvalue weighted by Crippen LogP contribution is 2.21. The SMILES string of the molecule is CC.Oc1ccc(Cc2ncc(-c3ccc(Br)cc3)[nH]2)cc1. The van der Waals surface area contributed by atoms with Crippen molar-refractivity contribution in [1.82, 2.24) is 9.97 Å². The Kier molecular flexibility index (Phi) is 5.78. The average molecular weight is 359 g/mol. The van der Waals surface area contributed by atoms with Gasteiger partial charge in [-0.05, 0) is 35.4 Å². The van der Waals surface area contributed by atoms with Gasteiger partial charge in [0, 0.05) is 10.9 Å². The van der Waals surface area contributed by atoms with Gasteiger partial charge < -0.3 is 10.1 Å². The Hall–Kier alpha value is -2.07. The van der Waals surface area contributed by atoms with E-state index in [4.69, 9.17) is 0 Å². The average Bonchev–Trinajstić information content (AvgIpc) is 3.01. The van der Waals surface area contributed by atoms with Crippen molar-refractivity contribution < 1.29 is 5.11 Å². The summed E-state index contributed by atoms with van der Waals surface area (Å²) in [6.07, 6.45) is 2.57. The number of phenols is 1. The van der Waals surface area contributed by atoms with Gasteiger partial charge in [-0.3, -0.25) is 0 Å². The second kappa shape index (κ2) is 7.80. The van der Waals surface area contributed by atoms with E-state index in [0.29, 0.717) is 0 Å². The Morgan fingerprint density at radius 3 is 2.27 bits per heavy atom. The first-order chi connectivity index (χ1) is 10.7. The van der Waals surface area contributed by atoms with Crippen molar-refractivity contribution in [3.05, 3.63) is 70.6 Å². The number of benzene rings is 2. The van der Waals surface area contributed by atoms with Crippen LogP contribution in [0.15, 0.2) is 59.2 Å². The number of nitrogens with zero attached hydrogens (tertiary/aromatic N) is 1. The lowest BCUT2D eigenvalue weighted by Crippen LogP contribution is -1.90. The third-order valence-electron chi connectivity index (χ3n) is 3.09. The summed E-state index contributed by atoms with van der Waals surface area (Å²) in [5, 5.41) is 9.27. The van der Waals surface area contributed by atoms with Crippen LogP contribution in [0.25, 0.3) is 11.3 Å². The maximum atomic E-state index is 9.27. The minimum atomic E-state index is 0.281. The number of phenolic OH excluding ortho intramolecular Hbond substituents is 1. The van der Waals surface area contributed by atoms with Crippen LogP contribution in [0.4, 0.5) is 0 Å². The largest absolute Gasteiger partial charge is 0.508 e. The number of imidazole rings is 1.